The quantitative estimate of drug-likeness (QED) is 0.854. The Labute approximate surface area is 116 Å². The van der Waals surface area contributed by atoms with Crippen LogP contribution in [0.2, 0.25) is 0 Å². The minimum Gasteiger partial charge on any atom is -0.455 e. The fraction of sp³-hybridized carbons (Fsp3) is 0.385. The second-order valence-electron chi connectivity index (χ2n) is 4.33. The van der Waals surface area contributed by atoms with Gasteiger partial charge in [-0.25, -0.2) is 4.79 Å². The van der Waals surface area contributed by atoms with Gasteiger partial charge < -0.3 is 10.5 Å². The third kappa shape index (κ3) is 3.14. The van der Waals surface area contributed by atoms with E-state index in [1.165, 1.54) is 11.3 Å². The topological polar surface area (TPSA) is 70.1 Å². The van der Waals surface area contributed by atoms with E-state index in [9.17, 15) is 4.79 Å². The summed E-state index contributed by atoms with van der Waals surface area (Å²) in [6.07, 6.45) is 2.91. The molecule has 19 heavy (non-hydrogen) atoms. The van der Waals surface area contributed by atoms with Crippen LogP contribution in [-0.4, -0.2) is 15.7 Å². The Bertz CT molecular complexity index is 562. The molecule has 2 N–H and O–H groups in total. The molecule has 1 unspecified atom stereocenters. The Morgan fingerprint density at radius 2 is 2.37 bits per heavy atom. The maximum atomic E-state index is 11.8. The molecule has 2 rings (SSSR count). The molecule has 0 aromatic carbocycles. The van der Waals surface area contributed by atoms with Crippen molar-refractivity contribution in [3.05, 3.63) is 34.3 Å². The van der Waals surface area contributed by atoms with Crippen molar-refractivity contribution in [3.8, 4) is 0 Å². The number of hydrogen-bond acceptors (Lipinski definition) is 5. The largest absolute Gasteiger partial charge is 0.455 e. The highest BCUT2D eigenvalue weighted by molar-refractivity contribution is 7.12. The molecule has 0 aliphatic carbocycles. The zero-order chi connectivity index (χ0) is 13.8. The van der Waals surface area contributed by atoms with Gasteiger partial charge in [-0.3, -0.25) is 4.68 Å². The molecular weight excluding hydrogens is 262 g/mol. The fourth-order valence-electron chi connectivity index (χ4n) is 1.58. The molecule has 0 aliphatic rings. The average molecular weight is 279 g/mol. The summed E-state index contributed by atoms with van der Waals surface area (Å²) >= 11 is 1.28. The number of rotatable bonds is 5. The number of ether oxygens (including phenoxy) is 1. The van der Waals surface area contributed by atoms with Gasteiger partial charge in [0.15, 0.2) is 0 Å². The molecule has 0 bridgehead atoms. The Morgan fingerprint density at radius 3 is 3.00 bits per heavy atom. The Kier molecular flexibility index (Phi) is 4.21. The lowest BCUT2D eigenvalue weighted by Crippen LogP contribution is -2.08. The van der Waals surface area contributed by atoms with Gasteiger partial charge in [-0.2, -0.15) is 5.10 Å². The van der Waals surface area contributed by atoms with Gasteiger partial charge in [-0.15, -0.1) is 11.3 Å². The summed E-state index contributed by atoms with van der Waals surface area (Å²) in [4.78, 5) is 12.2. The van der Waals surface area contributed by atoms with Crippen molar-refractivity contribution in [2.75, 3.05) is 5.73 Å². The number of hydrogen-bond donors (Lipinski definition) is 1. The number of nitrogens with zero attached hydrogens (tertiary/aromatic N) is 2. The molecule has 2 aromatic rings. The van der Waals surface area contributed by atoms with Gasteiger partial charge in [-0.05, 0) is 30.9 Å². The van der Waals surface area contributed by atoms with Crippen molar-refractivity contribution in [2.45, 2.75) is 32.9 Å². The number of nitrogens with two attached hydrogens (primary N) is 1. The van der Waals surface area contributed by atoms with Crippen LogP contribution in [-0.2, 0) is 11.3 Å². The first-order valence-corrected chi connectivity index (χ1v) is 7.04. The number of esters is 1. The highest BCUT2D eigenvalue weighted by atomic mass is 32.1. The van der Waals surface area contributed by atoms with Gasteiger partial charge in [0, 0.05) is 12.2 Å². The minimum absolute atomic E-state index is 0.166. The number of anilines is 1. The zero-order valence-corrected chi connectivity index (χ0v) is 11.8. The van der Waals surface area contributed by atoms with Crippen LogP contribution >= 0.6 is 11.3 Å². The van der Waals surface area contributed by atoms with Crippen LogP contribution in [0.5, 0.6) is 0 Å². The highest BCUT2D eigenvalue weighted by Gasteiger charge is 2.13. The molecule has 0 amide bonds. The number of carbonyl (C=O) groups is 1. The predicted octanol–water partition coefficient (Wildman–Crippen LogP) is 2.85. The Balaban J connectivity index is 1.94. The van der Waals surface area contributed by atoms with Crippen molar-refractivity contribution in [1.82, 2.24) is 9.78 Å². The van der Waals surface area contributed by atoms with Gasteiger partial charge in [0.25, 0.3) is 0 Å². The molecule has 0 radical (unpaired) electrons. The SMILES string of the molecule is CCC(C)n1ccc(COC(=O)c2sccc2N)n1. The standard InChI is InChI=1S/C13H17N3O2S/c1-3-9(2)16-6-4-10(15-16)8-18-13(17)12-11(14)5-7-19-12/h4-7,9H,3,8,14H2,1-2H3. The molecule has 0 saturated heterocycles. The lowest BCUT2D eigenvalue weighted by atomic mass is 10.3. The van der Waals surface area contributed by atoms with Crippen LogP contribution < -0.4 is 5.73 Å². The third-order valence-corrected chi connectivity index (χ3v) is 3.85. The number of thiophene rings is 1. The first kappa shape index (κ1) is 13.6. The Hall–Kier alpha value is -1.82. The molecular formula is C13H17N3O2S. The number of aromatic nitrogens is 2. The summed E-state index contributed by atoms with van der Waals surface area (Å²) in [5.41, 5.74) is 6.86. The third-order valence-electron chi connectivity index (χ3n) is 2.94. The van der Waals surface area contributed by atoms with Crippen molar-refractivity contribution >= 4 is 23.0 Å². The second-order valence-corrected chi connectivity index (χ2v) is 5.24. The smallest absolute Gasteiger partial charge is 0.350 e. The van der Waals surface area contributed by atoms with E-state index in [2.05, 4.69) is 18.9 Å². The van der Waals surface area contributed by atoms with Crippen LogP contribution in [0.25, 0.3) is 0 Å². The molecule has 6 heteroatoms. The van der Waals surface area contributed by atoms with Crippen molar-refractivity contribution in [1.29, 1.82) is 0 Å². The molecule has 2 aromatic heterocycles. The van der Waals surface area contributed by atoms with Gasteiger partial charge in [0.1, 0.15) is 11.5 Å². The van der Waals surface area contributed by atoms with E-state index < -0.39 is 5.97 Å². The molecule has 0 saturated carbocycles. The van der Waals surface area contributed by atoms with Gasteiger partial charge in [-0.1, -0.05) is 6.92 Å². The lowest BCUT2D eigenvalue weighted by Gasteiger charge is -2.08. The summed E-state index contributed by atoms with van der Waals surface area (Å²) < 4.78 is 7.07. The van der Waals surface area contributed by atoms with E-state index in [4.69, 9.17) is 10.5 Å². The van der Waals surface area contributed by atoms with Crippen LogP contribution in [0.4, 0.5) is 5.69 Å². The summed E-state index contributed by atoms with van der Waals surface area (Å²) in [6.45, 7) is 4.36. The van der Waals surface area contributed by atoms with Crippen molar-refractivity contribution in [2.24, 2.45) is 0 Å². The lowest BCUT2D eigenvalue weighted by molar-refractivity contribution is 0.0474. The molecule has 0 aliphatic heterocycles. The Morgan fingerprint density at radius 1 is 1.58 bits per heavy atom. The van der Waals surface area contributed by atoms with E-state index >= 15 is 0 Å². The first-order chi connectivity index (χ1) is 9.11. The van der Waals surface area contributed by atoms with Gasteiger partial charge >= 0.3 is 5.97 Å². The molecule has 0 fully saturated rings. The fourth-order valence-corrected chi connectivity index (χ4v) is 2.29. The maximum absolute atomic E-state index is 11.8. The van der Waals surface area contributed by atoms with Crippen molar-refractivity contribution in [3.63, 3.8) is 0 Å². The van der Waals surface area contributed by atoms with E-state index in [-0.39, 0.29) is 6.61 Å². The summed E-state index contributed by atoms with van der Waals surface area (Å²) in [5, 5.41) is 6.14. The van der Waals surface area contributed by atoms with E-state index in [1.54, 1.807) is 11.4 Å². The van der Waals surface area contributed by atoms with E-state index in [0.29, 0.717) is 16.6 Å². The molecule has 0 spiro atoms. The predicted molar refractivity (Wildman–Crippen MR) is 75.1 cm³/mol. The minimum atomic E-state index is -0.398. The molecule has 5 nitrogen and oxygen atoms in total. The highest BCUT2D eigenvalue weighted by Crippen LogP contribution is 2.20. The summed E-state index contributed by atoms with van der Waals surface area (Å²) in [6, 6.07) is 3.90. The van der Waals surface area contributed by atoms with Crippen LogP contribution in [0.3, 0.4) is 0 Å². The molecule has 2 heterocycles. The van der Waals surface area contributed by atoms with Crippen molar-refractivity contribution < 1.29 is 9.53 Å². The van der Waals surface area contributed by atoms with Crippen LogP contribution in [0.15, 0.2) is 23.7 Å². The summed E-state index contributed by atoms with van der Waals surface area (Å²) in [5.74, 6) is -0.398. The molecule has 102 valence electrons. The number of carbonyl (C=O) groups excluding carboxylic acids is 1. The zero-order valence-electron chi connectivity index (χ0n) is 11.0. The molecule has 1 atom stereocenters. The van der Waals surface area contributed by atoms with Crippen LogP contribution in [0.1, 0.15) is 41.7 Å². The average Bonchev–Trinajstić information content (AvgIpc) is 3.04. The van der Waals surface area contributed by atoms with E-state index in [0.717, 1.165) is 12.1 Å². The first-order valence-electron chi connectivity index (χ1n) is 6.16. The van der Waals surface area contributed by atoms with Gasteiger partial charge in [0.05, 0.1) is 11.4 Å². The normalized spacial score (nSPS) is 12.3. The van der Waals surface area contributed by atoms with Gasteiger partial charge in [0.2, 0.25) is 0 Å². The second kappa shape index (κ2) is 5.88. The summed E-state index contributed by atoms with van der Waals surface area (Å²) in [7, 11) is 0. The number of nitrogen functional groups attached to an aromatic ring is 1. The monoisotopic (exact) mass is 279 g/mol. The van der Waals surface area contributed by atoms with E-state index in [1.807, 2.05) is 16.9 Å². The van der Waals surface area contributed by atoms with Crippen LogP contribution in [0, 0.1) is 0 Å². The maximum Gasteiger partial charge on any atom is 0.350 e.